The second kappa shape index (κ2) is 8.89. The highest BCUT2D eigenvalue weighted by Gasteiger charge is 2.30. The maximum Gasteiger partial charge on any atom is 0.257 e. The Hall–Kier alpha value is -2.17. The van der Waals surface area contributed by atoms with Crippen LogP contribution in [0.4, 0.5) is 14.5 Å². The summed E-state index contributed by atoms with van der Waals surface area (Å²) < 4.78 is 26.1. The minimum Gasteiger partial charge on any atom is -0.370 e. The minimum atomic E-state index is -2.44. The molecule has 0 unspecified atom stereocenters. The van der Waals surface area contributed by atoms with Crippen molar-refractivity contribution in [1.29, 1.82) is 0 Å². The number of hydrogen-bond donors (Lipinski definition) is 1. The molecule has 2 aromatic rings. The van der Waals surface area contributed by atoms with Gasteiger partial charge in [-0.15, -0.1) is 0 Å². The lowest BCUT2D eigenvalue weighted by Gasteiger charge is -2.40. The maximum absolute atomic E-state index is 12.5. The summed E-state index contributed by atoms with van der Waals surface area (Å²) in [4.78, 5) is 6.44. The van der Waals surface area contributed by atoms with Crippen LogP contribution in [0.2, 0.25) is 5.15 Å². The van der Waals surface area contributed by atoms with E-state index in [2.05, 4.69) is 39.1 Å². The van der Waals surface area contributed by atoms with E-state index in [9.17, 15) is 8.78 Å². The fourth-order valence-corrected chi connectivity index (χ4v) is 3.63. The highest BCUT2D eigenvalue weighted by atomic mass is 35.5. The molecule has 3 heterocycles. The van der Waals surface area contributed by atoms with Crippen LogP contribution in [0.3, 0.4) is 0 Å². The van der Waals surface area contributed by atoms with Gasteiger partial charge in [0.25, 0.3) is 6.43 Å². The summed E-state index contributed by atoms with van der Waals surface area (Å²) in [5.41, 5.74) is 2.59. The first kappa shape index (κ1) is 20.6. The Bertz CT molecular complexity index is 863. The molecule has 0 aromatic carbocycles. The quantitative estimate of drug-likeness (QED) is 0.609. The number of rotatable bonds is 5. The summed E-state index contributed by atoms with van der Waals surface area (Å²) in [6, 6.07) is 1.84. The van der Waals surface area contributed by atoms with Crippen LogP contribution in [0, 0.1) is 17.3 Å². The van der Waals surface area contributed by atoms with E-state index in [0.29, 0.717) is 10.7 Å². The molecule has 0 atom stereocenters. The van der Waals surface area contributed by atoms with Crippen molar-refractivity contribution in [3.63, 3.8) is 0 Å². The molecular weight excluding hydrogens is 384 g/mol. The maximum atomic E-state index is 12.5. The Morgan fingerprint density at radius 3 is 2.71 bits per heavy atom. The fourth-order valence-electron chi connectivity index (χ4n) is 3.48. The van der Waals surface area contributed by atoms with E-state index >= 15 is 0 Å². The second-order valence-corrected chi connectivity index (χ2v) is 7.83. The van der Waals surface area contributed by atoms with E-state index in [0.717, 1.165) is 43.7 Å². The lowest BCUT2D eigenvalue weighted by molar-refractivity contribution is 0.122. The van der Waals surface area contributed by atoms with Crippen molar-refractivity contribution in [2.45, 2.75) is 32.7 Å². The van der Waals surface area contributed by atoms with Gasteiger partial charge in [0.05, 0.1) is 23.0 Å². The molecule has 5 nitrogen and oxygen atoms in total. The van der Waals surface area contributed by atoms with Crippen molar-refractivity contribution in [3.8, 4) is 11.8 Å². The number of pyridine rings is 1. The highest BCUT2D eigenvalue weighted by molar-refractivity contribution is 6.29. The monoisotopic (exact) mass is 407 g/mol. The number of alkyl halides is 2. The van der Waals surface area contributed by atoms with E-state index in [1.54, 1.807) is 6.20 Å². The lowest BCUT2D eigenvalue weighted by atomic mass is 9.80. The average Bonchev–Trinajstić information content (AvgIpc) is 3.08. The lowest BCUT2D eigenvalue weighted by Crippen LogP contribution is -2.43. The zero-order chi connectivity index (χ0) is 20.1. The third-order valence-corrected chi connectivity index (χ3v) is 5.27. The van der Waals surface area contributed by atoms with Crippen molar-refractivity contribution in [2.75, 3.05) is 31.6 Å². The van der Waals surface area contributed by atoms with Gasteiger partial charge in [0.2, 0.25) is 0 Å². The van der Waals surface area contributed by atoms with Gasteiger partial charge < -0.3 is 10.2 Å². The van der Waals surface area contributed by atoms with Crippen molar-refractivity contribution >= 4 is 17.3 Å². The first-order valence-electron chi connectivity index (χ1n) is 9.26. The third kappa shape index (κ3) is 5.21. The van der Waals surface area contributed by atoms with Gasteiger partial charge in [-0.25, -0.2) is 13.8 Å². The Morgan fingerprint density at radius 2 is 2.04 bits per heavy atom. The number of hydrogen-bond acceptors (Lipinski definition) is 4. The molecule has 28 heavy (non-hydrogen) atoms. The predicted octanol–water partition coefficient (Wildman–Crippen LogP) is 3.42. The second-order valence-electron chi connectivity index (χ2n) is 7.44. The van der Waals surface area contributed by atoms with Crippen LogP contribution in [-0.4, -0.2) is 47.9 Å². The zero-order valence-electron chi connectivity index (χ0n) is 16.1. The van der Waals surface area contributed by atoms with Gasteiger partial charge in [-0.05, 0) is 25.3 Å². The van der Waals surface area contributed by atoms with E-state index in [1.807, 2.05) is 13.1 Å². The Kier molecular flexibility index (Phi) is 6.53. The molecule has 0 bridgehead atoms. The Labute approximate surface area is 169 Å². The molecule has 1 N–H and O–H groups in total. The van der Waals surface area contributed by atoms with Gasteiger partial charge in [0.15, 0.2) is 0 Å². The topological polar surface area (TPSA) is 46.0 Å². The molecule has 3 rings (SSSR count). The van der Waals surface area contributed by atoms with Crippen LogP contribution < -0.4 is 10.2 Å². The Balaban J connectivity index is 1.78. The molecule has 1 aliphatic rings. The molecule has 0 aliphatic carbocycles. The van der Waals surface area contributed by atoms with Crippen LogP contribution in [-0.2, 0) is 6.54 Å². The van der Waals surface area contributed by atoms with Crippen molar-refractivity contribution < 1.29 is 8.78 Å². The normalized spacial score (nSPS) is 16.1. The van der Waals surface area contributed by atoms with Crippen molar-refractivity contribution in [1.82, 2.24) is 20.1 Å². The Morgan fingerprint density at radius 1 is 1.29 bits per heavy atom. The predicted molar refractivity (Wildman–Crippen MR) is 107 cm³/mol. The van der Waals surface area contributed by atoms with E-state index in [1.165, 1.54) is 17.1 Å². The fraction of sp³-hybridized carbons (Fsp3) is 0.500. The van der Waals surface area contributed by atoms with Crippen LogP contribution in [0.5, 0.6) is 0 Å². The number of piperidine rings is 1. The van der Waals surface area contributed by atoms with Gasteiger partial charge in [-0.1, -0.05) is 30.4 Å². The van der Waals surface area contributed by atoms with Gasteiger partial charge in [-0.2, -0.15) is 5.10 Å². The van der Waals surface area contributed by atoms with Crippen LogP contribution in [0.15, 0.2) is 24.7 Å². The molecule has 2 aromatic heterocycles. The van der Waals surface area contributed by atoms with E-state index < -0.39 is 13.0 Å². The number of nitrogens with zero attached hydrogens (tertiary/aromatic N) is 4. The minimum absolute atomic E-state index is 0.285. The molecule has 1 fully saturated rings. The van der Waals surface area contributed by atoms with Gasteiger partial charge in [0, 0.05) is 38.1 Å². The van der Waals surface area contributed by atoms with Gasteiger partial charge in [0.1, 0.15) is 11.7 Å². The van der Waals surface area contributed by atoms with Crippen molar-refractivity contribution in [3.05, 3.63) is 40.9 Å². The molecule has 1 saturated heterocycles. The number of aromatic nitrogens is 3. The average molecular weight is 408 g/mol. The zero-order valence-corrected chi connectivity index (χ0v) is 16.8. The molecular formula is C20H24ClF2N5. The molecule has 0 radical (unpaired) electrons. The molecule has 150 valence electrons. The number of nitrogens with one attached hydrogen (secondary N) is 1. The van der Waals surface area contributed by atoms with E-state index in [4.69, 9.17) is 11.6 Å². The third-order valence-electron chi connectivity index (χ3n) is 5.06. The van der Waals surface area contributed by atoms with Gasteiger partial charge >= 0.3 is 0 Å². The molecule has 1 aliphatic heterocycles. The smallest absolute Gasteiger partial charge is 0.257 e. The largest absolute Gasteiger partial charge is 0.370 e. The SMILES string of the molecule is CNCC1(C)CCN(c2cc(Cl)ncc2C#Cc2cnn(CC(F)F)c2)CC1. The van der Waals surface area contributed by atoms with Crippen LogP contribution in [0.25, 0.3) is 0 Å². The standard InChI is InChI=1S/C20H24ClF2N5/c1-20(14-24-2)5-7-27(8-6-20)17-9-18(21)25-11-16(17)4-3-15-10-26-28(12-15)13-19(22)23/h9-12,19,24H,5-8,13-14H2,1-2H3. The molecule has 0 saturated carbocycles. The van der Waals surface area contributed by atoms with Crippen LogP contribution in [0.1, 0.15) is 30.9 Å². The number of anilines is 1. The first-order valence-corrected chi connectivity index (χ1v) is 9.64. The first-order chi connectivity index (χ1) is 13.4. The summed E-state index contributed by atoms with van der Waals surface area (Å²) in [5.74, 6) is 6.09. The highest BCUT2D eigenvalue weighted by Crippen LogP contribution is 2.34. The molecule has 8 heteroatoms. The summed E-state index contributed by atoms with van der Waals surface area (Å²) in [6.07, 6.45) is 4.37. The summed E-state index contributed by atoms with van der Waals surface area (Å²) in [7, 11) is 1.98. The van der Waals surface area contributed by atoms with Gasteiger partial charge in [-0.3, -0.25) is 4.68 Å². The number of halogens is 3. The molecule has 0 spiro atoms. The van der Waals surface area contributed by atoms with E-state index in [-0.39, 0.29) is 5.41 Å². The van der Waals surface area contributed by atoms with Crippen LogP contribution >= 0.6 is 11.6 Å². The summed E-state index contributed by atoms with van der Waals surface area (Å²) >= 11 is 6.13. The van der Waals surface area contributed by atoms with Crippen molar-refractivity contribution in [2.24, 2.45) is 5.41 Å². The summed E-state index contributed by atoms with van der Waals surface area (Å²) in [5, 5.41) is 7.61. The summed E-state index contributed by atoms with van der Waals surface area (Å²) in [6.45, 7) is 4.69. The molecule has 0 amide bonds.